The second-order valence-corrected chi connectivity index (χ2v) is 9.28. The molecule has 0 spiro atoms. The number of sulfonamides is 1. The van der Waals surface area contributed by atoms with Crippen molar-refractivity contribution in [1.29, 1.82) is 0 Å². The van der Waals surface area contributed by atoms with Crippen molar-refractivity contribution < 1.29 is 17.6 Å². The van der Waals surface area contributed by atoms with Crippen LogP contribution >= 0.6 is 0 Å². The van der Waals surface area contributed by atoms with Gasteiger partial charge in [0.15, 0.2) is 0 Å². The fourth-order valence-corrected chi connectivity index (χ4v) is 4.53. The molecule has 0 bridgehead atoms. The minimum absolute atomic E-state index is 0.0756. The number of nitrogens with one attached hydrogen (secondary N) is 1. The molecule has 1 atom stereocenters. The van der Waals surface area contributed by atoms with Crippen molar-refractivity contribution in [3.8, 4) is 0 Å². The minimum atomic E-state index is -4.06. The SMILES string of the molecule is Cc1ccc(N(CC(=O)NCC(C)c2ccccc2)S(=O)(=O)c2ccc(F)cc2)cc1. The van der Waals surface area contributed by atoms with Crippen molar-refractivity contribution in [2.24, 2.45) is 0 Å². The van der Waals surface area contributed by atoms with Crippen molar-refractivity contribution in [2.45, 2.75) is 24.7 Å². The van der Waals surface area contributed by atoms with Crippen LogP contribution in [-0.2, 0) is 14.8 Å². The van der Waals surface area contributed by atoms with Crippen LogP contribution in [0.15, 0.2) is 83.8 Å². The number of hydrogen-bond donors (Lipinski definition) is 1. The first-order valence-electron chi connectivity index (χ1n) is 9.94. The molecule has 0 aliphatic heterocycles. The maximum Gasteiger partial charge on any atom is 0.264 e. The molecule has 31 heavy (non-hydrogen) atoms. The van der Waals surface area contributed by atoms with Crippen LogP contribution in [0.1, 0.15) is 24.0 Å². The highest BCUT2D eigenvalue weighted by atomic mass is 32.2. The van der Waals surface area contributed by atoms with Gasteiger partial charge in [-0.1, -0.05) is 55.0 Å². The Hall–Kier alpha value is -3.19. The van der Waals surface area contributed by atoms with Crippen LogP contribution in [0.25, 0.3) is 0 Å². The summed E-state index contributed by atoms with van der Waals surface area (Å²) in [5, 5.41) is 2.82. The van der Waals surface area contributed by atoms with Crippen LogP contribution in [0.5, 0.6) is 0 Å². The largest absolute Gasteiger partial charge is 0.354 e. The number of carbonyl (C=O) groups is 1. The summed E-state index contributed by atoms with van der Waals surface area (Å²) < 4.78 is 40.8. The summed E-state index contributed by atoms with van der Waals surface area (Å²) >= 11 is 0. The molecular formula is C24H25FN2O3S. The Morgan fingerprint density at radius 2 is 1.58 bits per heavy atom. The van der Waals surface area contributed by atoms with E-state index in [9.17, 15) is 17.6 Å². The predicted octanol–water partition coefficient (Wildman–Crippen LogP) is 4.25. The summed E-state index contributed by atoms with van der Waals surface area (Å²) in [7, 11) is -4.06. The first kappa shape index (κ1) is 22.5. The van der Waals surface area contributed by atoms with Gasteiger partial charge in [-0.3, -0.25) is 9.10 Å². The Kier molecular flexibility index (Phi) is 7.07. The van der Waals surface area contributed by atoms with E-state index in [1.807, 2.05) is 44.2 Å². The number of aryl methyl sites for hydroxylation is 1. The predicted molar refractivity (Wildman–Crippen MR) is 120 cm³/mol. The van der Waals surface area contributed by atoms with E-state index in [4.69, 9.17) is 0 Å². The Balaban J connectivity index is 1.80. The second kappa shape index (κ2) is 9.75. The van der Waals surface area contributed by atoms with Gasteiger partial charge in [0.25, 0.3) is 10.0 Å². The zero-order valence-corrected chi connectivity index (χ0v) is 18.3. The number of halogens is 1. The number of anilines is 1. The van der Waals surface area contributed by atoms with E-state index in [0.29, 0.717) is 12.2 Å². The number of amides is 1. The van der Waals surface area contributed by atoms with Gasteiger partial charge >= 0.3 is 0 Å². The minimum Gasteiger partial charge on any atom is -0.354 e. The van der Waals surface area contributed by atoms with E-state index in [1.165, 1.54) is 12.1 Å². The number of nitrogens with zero attached hydrogens (tertiary/aromatic N) is 1. The topological polar surface area (TPSA) is 66.5 Å². The standard InChI is InChI=1S/C24H25FN2O3S/c1-18-8-12-22(13-9-18)27(31(29,30)23-14-10-21(25)11-15-23)17-24(28)26-16-19(2)20-6-4-3-5-7-20/h3-15,19H,16-17H2,1-2H3,(H,26,28). The van der Waals surface area contributed by atoms with E-state index in [-0.39, 0.29) is 17.4 Å². The molecule has 0 radical (unpaired) electrons. The van der Waals surface area contributed by atoms with Gasteiger partial charge in [0.05, 0.1) is 10.6 Å². The zero-order chi connectivity index (χ0) is 22.4. The molecule has 1 amide bonds. The van der Waals surface area contributed by atoms with E-state index in [2.05, 4.69) is 5.32 Å². The zero-order valence-electron chi connectivity index (χ0n) is 17.5. The average Bonchev–Trinajstić information content (AvgIpc) is 2.77. The van der Waals surface area contributed by atoms with Crippen molar-refractivity contribution in [3.63, 3.8) is 0 Å². The highest BCUT2D eigenvalue weighted by Gasteiger charge is 2.27. The lowest BCUT2D eigenvalue weighted by Gasteiger charge is -2.24. The third-order valence-corrected chi connectivity index (χ3v) is 6.77. The molecule has 1 N–H and O–H groups in total. The van der Waals surface area contributed by atoms with Gasteiger partial charge < -0.3 is 5.32 Å². The smallest absolute Gasteiger partial charge is 0.264 e. The van der Waals surface area contributed by atoms with Crippen molar-refractivity contribution in [2.75, 3.05) is 17.4 Å². The summed E-state index contributed by atoms with van der Waals surface area (Å²) in [6.45, 7) is 3.87. The number of benzene rings is 3. The molecule has 3 aromatic rings. The molecule has 3 aromatic carbocycles. The Bertz CT molecular complexity index is 1120. The van der Waals surface area contributed by atoms with Crippen LogP contribution < -0.4 is 9.62 Å². The third kappa shape index (κ3) is 5.70. The van der Waals surface area contributed by atoms with E-state index < -0.39 is 21.7 Å². The van der Waals surface area contributed by atoms with E-state index >= 15 is 0 Å². The lowest BCUT2D eigenvalue weighted by Crippen LogP contribution is -2.41. The van der Waals surface area contributed by atoms with Gasteiger partial charge in [-0.2, -0.15) is 0 Å². The van der Waals surface area contributed by atoms with Crippen molar-refractivity contribution >= 4 is 21.6 Å². The molecule has 3 rings (SSSR count). The molecule has 0 aliphatic rings. The normalized spacial score (nSPS) is 12.2. The van der Waals surface area contributed by atoms with E-state index in [0.717, 1.165) is 27.6 Å². The van der Waals surface area contributed by atoms with Crippen LogP contribution in [0.3, 0.4) is 0 Å². The molecule has 0 saturated carbocycles. The third-order valence-electron chi connectivity index (χ3n) is 4.98. The lowest BCUT2D eigenvalue weighted by molar-refractivity contribution is -0.119. The Labute approximate surface area is 182 Å². The van der Waals surface area contributed by atoms with Gasteiger partial charge in [-0.05, 0) is 54.8 Å². The highest BCUT2D eigenvalue weighted by molar-refractivity contribution is 7.92. The van der Waals surface area contributed by atoms with Gasteiger partial charge in [-0.25, -0.2) is 12.8 Å². The number of hydrogen-bond acceptors (Lipinski definition) is 3. The average molecular weight is 441 g/mol. The number of rotatable bonds is 8. The molecule has 0 saturated heterocycles. The fourth-order valence-electron chi connectivity index (χ4n) is 3.11. The Morgan fingerprint density at radius 3 is 2.19 bits per heavy atom. The molecule has 162 valence electrons. The molecule has 1 unspecified atom stereocenters. The molecule has 0 heterocycles. The summed E-state index contributed by atoms with van der Waals surface area (Å²) in [4.78, 5) is 12.6. The summed E-state index contributed by atoms with van der Waals surface area (Å²) in [5.74, 6) is -0.880. The van der Waals surface area contributed by atoms with Gasteiger partial charge in [0.2, 0.25) is 5.91 Å². The quantitative estimate of drug-likeness (QED) is 0.570. The van der Waals surface area contributed by atoms with Crippen LogP contribution in [0.2, 0.25) is 0 Å². The maximum atomic E-state index is 13.3. The molecule has 0 fully saturated rings. The van der Waals surface area contributed by atoms with Gasteiger partial charge in [0.1, 0.15) is 12.4 Å². The molecule has 0 aromatic heterocycles. The maximum absolute atomic E-state index is 13.3. The van der Waals surface area contributed by atoms with Crippen LogP contribution in [0.4, 0.5) is 10.1 Å². The summed E-state index contributed by atoms with van der Waals surface area (Å²) in [6.07, 6.45) is 0. The second-order valence-electron chi connectivity index (χ2n) is 7.42. The first-order valence-corrected chi connectivity index (χ1v) is 11.4. The van der Waals surface area contributed by atoms with Crippen LogP contribution in [0, 0.1) is 12.7 Å². The van der Waals surface area contributed by atoms with Gasteiger partial charge in [-0.15, -0.1) is 0 Å². The molecular weight excluding hydrogens is 415 g/mol. The lowest BCUT2D eigenvalue weighted by atomic mass is 10.0. The molecule has 7 heteroatoms. The first-order chi connectivity index (χ1) is 14.8. The fraction of sp³-hybridized carbons (Fsp3) is 0.208. The van der Waals surface area contributed by atoms with Crippen molar-refractivity contribution in [1.82, 2.24) is 5.32 Å². The highest BCUT2D eigenvalue weighted by Crippen LogP contribution is 2.24. The molecule has 0 aliphatic carbocycles. The summed E-state index contributed by atoms with van der Waals surface area (Å²) in [5.41, 5.74) is 2.40. The monoisotopic (exact) mass is 440 g/mol. The van der Waals surface area contributed by atoms with Crippen LogP contribution in [-0.4, -0.2) is 27.4 Å². The Morgan fingerprint density at radius 1 is 0.968 bits per heavy atom. The van der Waals surface area contributed by atoms with Gasteiger partial charge in [0, 0.05) is 6.54 Å². The molecule has 5 nitrogen and oxygen atoms in total. The van der Waals surface area contributed by atoms with Crippen molar-refractivity contribution in [3.05, 3.63) is 95.8 Å². The van der Waals surface area contributed by atoms with E-state index in [1.54, 1.807) is 24.3 Å². The summed E-state index contributed by atoms with van der Waals surface area (Å²) in [6, 6.07) is 21.2. The number of carbonyl (C=O) groups excluding carboxylic acids is 1.